The number of nitrogens with zero attached hydrogens (tertiary/aromatic N) is 2. The Hall–Kier alpha value is -4.77. The zero-order valence-electron chi connectivity index (χ0n) is 18.1. The van der Waals surface area contributed by atoms with Gasteiger partial charge in [-0.05, 0) is 35.9 Å². The van der Waals surface area contributed by atoms with E-state index in [-0.39, 0.29) is 38.9 Å². The number of methoxy groups -OCH3 is 1. The second-order valence-corrected chi connectivity index (χ2v) is 7.38. The molecule has 0 saturated carbocycles. The monoisotopic (exact) mass is 496 g/mol. The molecule has 0 heterocycles. The van der Waals surface area contributed by atoms with E-state index in [1.165, 1.54) is 73.8 Å². The van der Waals surface area contributed by atoms with E-state index >= 15 is 0 Å². The van der Waals surface area contributed by atoms with Crippen LogP contribution in [0.25, 0.3) is 6.08 Å². The average Bonchev–Trinajstić information content (AvgIpc) is 2.83. The molecule has 0 spiro atoms. The van der Waals surface area contributed by atoms with Crippen molar-refractivity contribution in [3.63, 3.8) is 0 Å². The summed E-state index contributed by atoms with van der Waals surface area (Å²) in [6, 6.07) is 14.9. The molecule has 2 N–H and O–H groups in total. The molecule has 0 aliphatic rings. The Kier molecular flexibility index (Phi) is 7.74. The number of non-ortho nitro benzene ring substituents is 2. The molecule has 0 bridgehead atoms. The van der Waals surface area contributed by atoms with Crippen molar-refractivity contribution in [3.05, 3.63) is 109 Å². The normalized spacial score (nSPS) is 10.9. The predicted molar refractivity (Wildman–Crippen MR) is 128 cm³/mol. The van der Waals surface area contributed by atoms with E-state index in [1.54, 1.807) is 0 Å². The third-order valence-corrected chi connectivity index (χ3v) is 4.93. The first kappa shape index (κ1) is 24.9. The molecule has 0 saturated heterocycles. The Morgan fingerprint density at radius 2 is 1.60 bits per heavy atom. The maximum Gasteiger partial charge on any atom is 0.272 e. The number of hydrogen-bond acceptors (Lipinski definition) is 7. The summed E-state index contributed by atoms with van der Waals surface area (Å²) in [5.41, 5.74) is -0.354. The van der Waals surface area contributed by atoms with Crippen LogP contribution in [0.4, 0.5) is 17.1 Å². The maximum absolute atomic E-state index is 13.0. The number of ether oxygens (including phenoxy) is 1. The van der Waals surface area contributed by atoms with Crippen molar-refractivity contribution in [1.29, 1.82) is 0 Å². The summed E-state index contributed by atoms with van der Waals surface area (Å²) in [5, 5.41) is 27.1. The number of carbonyl (C=O) groups excluding carboxylic acids is 2. The number of hydrogen-bond donors (Lipinski definition) is 2. The fourth-order valence-electron chi connectivity index (χ4n) is 2.95. The second-order valence-electron chi connectivity index (χ2n) is 6.97. The molecule has 35 heavy (non-hydrogen) atoms. The summed E-state index contributed by atoms with van der Waals surface area (Å²) >= 11 is 6.16. The van der Waals surface area contributed by atoms with Crippen molar-refractivity contribution in [2.24, 2.45) is 0 Å². The van der Waals surface area contributed by atoms with Gasteiger partial charge in [-0.15, -0.1) is 0 Å². The highest BCUT2D eigenvalue weighted by Gasteiger charge is 2.19. The van der Waals surface area contributed by atoms with Gasteiger partial charge >= 0.3 is 0 Å². The Bertz CT molecular complexity index is 1360. The predicted octanol–water partition coefficient (Wildman–Crippen LogP) is 4.57. The molecule has 12 heteroatoms. The van der Waals surface area contributed by atoms with Crippen LogP contribution in [0.15, 0.2) is 72.4 Å². The summed E-state index contributed by atoms with van der Waals surface area (Å²) in [7, 11) is 1.43. The molecule has 0 aromatic heterocycles. The minimum absolute atomic E-state index is 0.0422. The summed E-state index contributed by atoms with van der Waals surface area (Å²) in [5.74, 6) is -1.14. The Labute approximate surface area is 203 Å². The molecule has 3 aromatic carbocycles. The fraction of sp³-hybridized carbons (Fsp3) is 0.0435. The van der Waals surface area contributed by atoms with Crippen LogP contribution in [0.5, 0.6) is 5.75 Å². The van der Waals surface area contributed by atoms with Gasteiger partial charge in [0.15, 0.2) is 0 Å². The molecule has 2 amide bonds. The second kappa shape index (κ2) is 10.9. The number of amides is 2. The summed E-state index contributed by atoms with van der Waals surface area (Å²) in [6.07, 6.45) is 1.23. The minimum atomic E-state index is -0.824. The van der Waals surface area contributed by atoms with Crippen LogP contribution in [0.2, 0.25) is 5.02 Å². The molecule has 0 aliphatic heterocycles. The number of anilines is 1. The van der Waals surface area contributed by atoms with E-state index in [2.05, 4.69) is 10.6 Å². The first-order valence-corrected chi connectivity index (χ1v) is 10.2. The van der Waals surface area contributed by atoms with Crippen molar-refractivity contribution < 1.29 is 24.2 Å². The number of carbonyl (C=O) groups is 2. The molecule has 178 valence electrons. The van der Waals surface area contributed by atoms with Crippen molar-refractivity contribution in [2.45, 2.75) is 0 Å². The minimum Gasteiger partial charge on any atom is -0.497 e. The Balaban J connectivity index is 1.96. The zero-order valence-corrected chi connectivity index (χ0v) is 18.8. The van der Waals surface area contributed by atoms with Crippen molar-refractivity contribution in [1.82, 2.24) is 5.32 Å². The van der Waals surface area contributed by atoms with E-state index in [0.717, 1.165) is 6.07 Å². The smallest absolute Gasteiger partial charge is 0.272 e. The van der Waals surface area contributed by atoms with Gasteiger partial charge in [-0.3, -0.25) is 29.8 Å². The first-order chi connectivity index (χ1) is 16.7. The molecule has 11 nitrogen and oxygen atoms in total. The Morgan fingerprint density at radius 1 is 0.943 bits per heavy atom. The van der Waals surface area contributed by atoms with Gasteiger partial charge in [-0.25, -0.2) is 0 Å². The lowest BCUT2D eigenvalue weighted by Gasteiger charge is -2.12. The molecule has 0 unspecified atom stereocenters. The van der Waals surface area contributed by atoms with Crippen LogP contribution in [0, 0.1) is 20.2 Å². The summed E-state index contributed by atoms with van der Waals surface area (Å²) in [4.78, 5) is 46.8. The van der Waals surface area contributed by atoms with Gasteiger partial charge in [-0.1, -0.05) is 29.8 Å². The molecule has 0 radical (unpaired) electrons. The third-order valence-electron chi connectivity index (χ3n) is 4.62. The SMILES string of the molecule is COc1ccc(C(=O)N/C(=C/c2cccc([N+](=O)[O-])c2)C(=O)Nc2cccc([N+](=O)[O-])c2)c(Cl)c1. The van der Waals surface area contributed by atoms with E-state index in [1.807, 2.05) is 0 Å². The van der Waals surface area contributed by atoms with Crippen LogP contribution in [-0.2, 0) is 4.79 Å². The highest BCUT2D eigenvalue weighted by atomic mass is 35.5. The van der Waals surface area contributed by atoms with Crippen molar-refractivity contribution in [2.75, 3.05) is 12.4 Å². The highest BCUT2D eigenvalue weighted by Crippen LogP contribution is 2.23. The van der Waals surface area contributed by atoms with Crippen LogP contribution in [0.1, 0.15) is 15.9 Å². The van der Waals surface area contributed by atoms with Gasteiger partial charge in [0, 0.05) is 30.0 Å². The molecule has 3 aromatic rings. The van der Waals surface area contributed by atoms with Gasteiger partial charge in [0.2, 0.25) is 0 Å². The largest absolute Gasteiger partial charge is 0.497 e. The van der Waals surface area contributed by atoms with Crippen molar-refractivity contribution in [3.8, 4) is 5.75 Å². The molecule has 0 fully saturated rings. The van der Waals surface area contributed by atoms with Gasteiger partial charge in [0.05, 0.1) is 27.5 Å². The maximum atomic E-state index is 13.0. The summed E-state index contributed by atoms with van der Waals surface area (Å²) < 4.78 is 5.06. The van der Waals surface area contributed by atoms with Gasteiger partial charge in [0.1, 0.15) is 11.4 Å². The number of nitrogens with one attached hydrogen (secondary N) is 2. The topological polar surface area (TPSA) is 154 Å². The quantitative estimate of drug-likeness (QED) is 0.263. The van der Waals surface area contributed by atoms with Crippen LogP contribution < -0.4 is 15.4 Å². The first-order valence-electron chi connectivity index (χ1n) is 9.85. The fourth-order valence-corrected chi connectivity index (χ4v) is 3.20. The number of nitro benzene ring substituents is 2. The zero-order chi connectivity index (χ0) is 25.5. The van der Waals surface area contributed by atoms with E-state index in [9.17, 15) is 29.8 Å². The average molecular weight is 497 g/mol. The van der Waals surface area contributed by atoms with E-state index in [0.29, 0.717) is 5.75 Å². The number of nitro groups is 2. The molecular formula is C23H17ClN4O7. The summed E-state index contributed by atoms with van der Waals surface area (Å²) in [6.45, 7) is 0. The van der Waals surface area contributed by atoms with E-state index < -0.39 is 21.7 Å². The molecule has 3 rings (SSSR count). The lowest BCUT2D eigenvalue weighted by Crippen LogP contribution is -2.31. The van der Waals surface area contributed by atoms with Crippen LogP contribution in [0.3, 0.4) is 0 Å². The molecular weight excluding hydrogens is 480 g/mol. The Morgan fingerprint density at radius 3 is 2.23 bits per heavy atom. The van der Waals surface area contributed by atoms with E-state index in [4.69, 9.17) is 16.3 Å². The standard InChI is InChI=1S/C23H17ClN4O7/c1-35-18-8-9-19(20(24)13-18)22(29)26-21(11-14-4-2-6-16(10-14)27(31)32)23(30)25-15-5-3-7-17(12-15)28(33)34/h2-13H,1H3,(H,25,30)(H,26,29)/b21-11+. The van der Waals surface area contributed by atoms with Gasteiger partial charge in [0.25, 0.3) is 23.2 Å². The number of benzene rings is 3. The molecule has 0 aliphatic carbocycles. The number of rotatable bonds is 8. The van der Waals surface area contributed by atoms with Crippen molar-refractivity contribution >= 4 is 46.6 Å². The highest BCUT2D eigenvalue weighted by molar-refractivity contribution is 6.34. The number of halogens is 1. The third kappa shape index (κ3) is 6.39. The van der Waals surface area contributed by atoms with Gasteiger partial charge in [-0.2, -0.15) is 0 Å². The van der Waals surface area contributed by atoms with Gasteiger partial charge < -0.3 is 15.4 Å². The molecule has 0 atom stereocenters. The van der Waals surface area contributed by atoms with Crippen LogP contribution >= 0.6 is 11.6 Å². The lowest BCUT2D eigenvalue weighted by molar-refractivity contribution is -0.385. The lowest BCUT2D eigenvalue weighted by atomic mass is 10.1. The van der Waals surface area contributed by atoms with Crippen LogP contribution in [-0.4, -0.2) is 28.8 Å².